The van der Waals surface area contributed by atoms with Crippen molar-refractivity contribution in [2.75, 3.05) is 19.7 Å². The number of morpholine rings is 1. The zero-order chi connectivity index (χ0) is 20.5. The van der Waals surface area contributed by atoms with Crippen LogP contribution in [0.2, 0.25) is 0 Å². The molecule has 1 N–H and O–H groups in total. The Morgan fingerprint density at radius 2 is 1.86 bits per heavy atom. The molecule has 1 aliphatic rings. The molecule has 0 unspecified atom stereocenters. The van der Waals surface area contributed by atoms with E-state index in [9.17, 15) is 19.5 Å². The highest BCUT2D eigenvalue weighted by molar-refractivity contribution is 6.05. The maximum Gasteiger partial charge on any atom is 0.334 e. The maximum atomic E-state index is 13.1. The van der Waals surface area contributed by atoms with Crippen LogP contribution in [0.3, 0.4) is 0 Å². The van der Waals surface area contributed by atoms with Crippen molar-refractivity contribution in [3.05, 3.63) is 69.9 Å². The van der Waals surface area contributed by atoms with E-state index in [1.807, 2.05) is 30.3 Å². The number of fused-ring (bicyclic) bond motifs is 1. The van der Waals surface area contributed by atoms with E-state index in [0.29, 0.717) is 16.7 Å². The summed E-state index contributed by atoms with van der Waals surface area (Å²) in [5.74, 6) is -1.10. The number of rotatable bonds is 3. The van der Waals surface area contributed by atoms with E-state index >= 15 is 0 Å². The van der Waals surface area contributed by atoms with E-state index in [1.165, 1.54) is 4.90 Å². The largest absolute Gasteiger partial charge is 0.479 e. The van der Waals surface area contributed by atoms with Gasteiger partial charge in [0, 0.05) is 17.7 Å². The van der Waals surface area contributed by atoms with Gasteiger partial charge in [-0.3, -0.25) is 9.59 Å². The van der Waals surface area contributed by atoms with Gasteiger partial charge in [-0.2, -0.15) is 0 Å². The van der Waals surface area contributed by atoms with Gasteiger partial charge in [-0.15, -0.1) is 0 Å². The van der Waals surface area contributed by atoms with Gasteiger partial charge in [-0.1, -0.05) is 36.4 Å². The summed E-state index contributed by atoms with van der Waals surface area (Å²) in [6, 6.07) is 14.1. The Morgan fingerprint density at radius 3 is 2.59 bits per heavy atom. The molecule has 29 heavy (non-hydrogen) atoms. The van der Waals surface area contributed by atoms with Crippen LogP contribution in [0.15, 0.2) is 57.7 Å². The molecule has 7 nitrogen and oxygen atoms in total. The number of hydrogen-bond acceptors (Lipinski definition) is 5. The molecule has 3 aromatic rings. The summed E-state index contributed by atoms with van der Waals surface area (Å²) in [7, 11) is 0. The summed E-state index contributed by atoms with van der Waals surface area (Å²) < 4.78 is 11.3. The number of nitrogens with zero attached hydrogens (tertiary/aromatic N) is 1. The number of carbonyl (C=O) groups is 2. The Morgan fingerprint density at radius 1 is 1.10 bits per heavy atom. The molecule has 2 heterocycles. The van der Waals surface area contributed by atoms with E-state index in [0.717, 1.165) is 5.56 Å². The molecule has 1 amide bonds. The van der Waals surface area contributed by atoms with Crippen LogP contribution in [0.4, 0.5) is 0 Å². The summed E-state index contributed by atoms with van der Waals surface area (Å²) in [4.78, 5) is 38.7. The lowest BCUT2D eigenvalue weighted by Crippen LogP contribution is -2.48. The fourth-order valence-corrected chi connectivity index (χ4v) is 3.50. The summed E-state index contributed by atoms with van der Waals surface area (Å²) in [6.07, 6.45) is -1.07. The average molecular weight is 393 g/mol. The first-order chi connectivity index (χ1) is 14.0. The van der Waals surface area contributed by atoms with E-state index in [4.69, 9.17) is 9.15 Å². The second kappa shape index (κ2) is 7.52. The monoisotopic (exact) mass is 393 g/mol. The van der Waals surface area contributed by atoms with E-state index in [-0.39, 0.29) is 36.3 Å². The van der Waals surface area contributed by atoms with Crippen LogP contribution in [-0.2, 0) is 9.53 Å². The standard InChI is InChI=1S/C22H19NO6/c1-13-18(24)15-8-5-9-16(20(15)29-19(13)14-6-3-2-4-7-14)21(25)23-10-11-28-17(12-23)22(26)27/h2-9,17H,10-12H2,1H3,(H,26,27)/t17-/m1/s1. The van der Waals surface area contributed by atoms with Crippen LogP contribution in [0.5, 0.6) is 0 Å². The van der Waals surface area contributed by atoms with Gasteiger partial charge in [-0.05, 0) is 19.1 Å². The predicted octanol–water partition coefficient (Wildman–Crippen LogP) is 2.69. The topological polar surface area (TPSA) is 97.1 Å². The quantitative estimate of drug-likeness (QED) is 0.735. The molecule has 1 saturated heterocycles. The van der Waals surface area contributed by atoms with Crippen molar-refractivity contribution in [2.45, 2.75) is 13.0 Å². The number of aliphatic carboxylic acids is 1. The fourth-order valence-electron chi connectivity index (χ4n) is 3.50. The molecule has 148 valence electrons. The van der Waals surface area contributed by atoms with Crippen molar-refractivity contribution in [3.8, 4) is 11.3 Å². The highest BCUT2D eigenvalue weighted by Gasteiger charge is 2.31. The minimum absolute atomic E-state index is 0.0633. The number of ether oxygens (including phenoxy) is 1. The van der Waals surface area contributed by atoms with Crippen molar-refractivity contribution >= 4 is 22.8 Å². The van der Waals surface area contributed by atoms with E-state index in [1.54, 1.807) is 25.1 Å². The van der Waals surface area contributed by atoms with Gasteiger partial charge in [0.15, 0.2) is 17.1 Å². The molecule has 0 radical (unpaired) electrons. The number of carboxylic acid groups (broad SMARTS) is 1. The van der Waals surface area contributed by atoms with Crippen LogP contribution in [-0.4, -0.2) is 47.7 Å². The van der Waals surface area contributed by atoms with E-state index < -0.39 is 18.0 Å². The molecular formula is C22H19NO6. The van der Waals surface area contributed by atoms with Gasteiger partial charge in [-0.25, -0.2) is 4.79 Å². The molecule has 2 aromatic carbocycles. The number of carboxylic acids is 1. The zero-order valence-corrected chi connectivity index (χ0v) is 15.8. The van der Waals surface area contributed by atoms with Gasteiger partial charge in [0.1, 0.15) is 5.76 Å². The average Bonchev–Trinajstić information content (AvgIpc) is 2.76. The Labute approximate surface area is 166 Å². The van der Waals surface area contributed by atoms with Crippen LogP contribution in [0.1, 0.15) is 15.9 Å². The fraction of sp³-hybridized carbons (Fsp3) is 0.227. The zero-order valence-electron chi connectivity index (χ0n) is 15.8. The third-order valence-electron chi connectivity index (χ3n) is 5.04. The Bertz CT molecular complexity index is 1150. The van der Waals surface area contributed by atoms with Crippen molar-refractivity contribution in [1.29, 1.82) is 0 Å². The molecule has 4 rings (SSSR count). The molecule has 0 bridgehead atoms. The molecule has 0 spiro atoms. The molecule has 0 saturated carbocycles. The van der Waals surface area contributed by atoms with Crippen LogP contribution >= 0.6 is 0 Å². The van der Waals surface area contributed by atoms with Gasteiger partial charge >= 0.3 is 5.97 Å². The lowest BCUT2D eigenvalue weighted by Gasteiger charge is -2.31. The van der Waals surface area contributed by atoms with Gasteiger partial charge in [0.25, 0.3) is 5.91 Å². The number of benzene rings is 2. The summed E-state index contributed by atoms with van der Waals surface area (Å²) in [5.41, 5.74) is 1.42. The Kier molecular flexibility index (Phi) is 4.90. The second-order valence-electron chi connectivity index (χ2n) is 6.88. The van der Waals surface area contributed by atoms with Crippen molar-refractivity contribution in [2.24, 2.45) is 0 Å². The molecule has 7 heteroatoms. The Balaban J connectivity index is 1.83. The summed E-state index contributed by atoms with van der Waals surface area (Å²) in [5, 5.41) is 9.50. The minimum Gasteiger partial charge on any atom is -0.479 e. The second-order valence-corrected chi connectivity index (χ2v) is 6.88. The summed E-state index contributed by atoms with van der Waals surface area (Å²) >= 11 is 0. The first-order valence-electron chi connectivity index (χ1n) is 9.23. The van der Waals surface area contributed by atoms with Crippen LogP contribution in [0, 0.1) is 6.92 Å². The van der Waals surface area contributed by atoms with Crippen molar-refractivity contribution in [1.82, 2.24) is 4.90 Å². The molecule has 0 aliphatic carbocycles. The van der Waals surface area contributed by atoms with Crippen LogP contribution in [0.25, 0.3) is 22.3 Å². The maximum absolute atomic E-state index is 13.1. The smallest absolute Gasteiger partial charge is 0.334 e. The molecule has 1 atom stereocenters. The molecule has 1 fully saturated rings. The lowest BCUT2D eigenvalue weighted by atomic mass is 10.0. The SMILES string of the molecule is Cc1c(-c2ccccc2)oc2c(C(=O)N3CCO[C@@H](C(=O)O)C3)cccc2c1=O. The number of hydrogen-bond donors (Lipinski definition) is 1. The Hall–Kier alpha value is -3.45. The normalized spacial score (nSPS) is 16.7. The third kappa shape index (κ3) is 3.40. The van der Waals surface area contributed by atoms with Crippen molar-refractivity contribution < 1.29 is 23.8 Å². The van der Waals surface area contributed by atoms with Gasteiger partial charge < -0.3 is 19.2 Å². The number of amides is 1. The van der Waals surface area contributed by atoms with Gasteiger partial charge in [0.2, 0.25) is 0 Å². The number of para-hydroxylation sites is 1. The lowest BCUT2D eigenvalue weighted by molar-refractivity contribution is -0.154. The minimum atomic E-state index is -1.12. The predicted molar refractivity (Wildman–Crippen MR) is 106 cm³/mol. The van der Waals surface area contributed by atoms with Crippen LogP contribution < -0.4 is 5.43 Å². The van der Waals surface area contributed by atoms with Gasteiger partial charge in [0.05, 0.1) is 24.1 Å². The third-order valence-corrected chi connectivity index (χ3v) is 5.04. The molecule has 1 aromatic heterocycles. The molecule has 1 aliphatic heterocycles. The summed E-state index contributed by atoms with van der Waals surface area (Å²) in [6.45, 7) is 2.03. The first kappa shape index (κ1) is 18.9. The number of carbonyl (C=O) groups excluding carboxylic acids is 1. The van der Waals surface area contributed by atoms with E-state index in [2.05, 4.69) is 0 Å². The molecular weight excluding hydrogens is 374 g/mol. The highest BCUT2D eigenvalue weighted by atomic mass is 16.5. The van der Waals surface area contributed by atoms with Crippen molar-refractivity contribution in [3.63, 3.8) is 0 Å². The highest BCUT2D eigenvalue weighted by Crippen LogP contribution is 2.28. The first-order valence-corrected chi connectivity index (χ1v) is 9.23.